The van der Waals surface area contributed by atoms with Crippen LogP contribution in [0, 0.1) is 0 Å². The second kappa shape index (κ2) is 6.89. The lowest BCUT2D eigenvalue weighted by Gasteiger charge is -2.16. The topological polar surface area (TPSA) is 44.7 Å². The van der Waals surface area contributed by atoms with Crippen molar-refractivity contribution in [3.05, 3.63) is 70.9 Å². The predicted octanol–water partition coefficient (Wildman–Crippen LogP) is 4.08. The standard InChI is InChI=1S/C19H18ClN3O/c1-13(2)21-19-22-17(11-14-7-4-3-5-8-14)18(24)23(19)16-10-6-9-15(20)12-16/h3-13H,1-2H3,(H,21,22)/b17-11-. The van der Waals surface area contributed by atoms with Crippen LogP contribution in [0.25, 0.3) is 6.08 Å². The van der Waals surface area contributed by atoms with Crippen molar-refractivity contribution in [1.29, 1.82) is 0 Å². The lowest BCUT2D eigenvalue weighted by Crippen LogP contribution is -2.33. The van der Waals surface area contributed by atoms with Crippen LogP contribution in [0.15, 0.2) is 65.3 Å². The van der Waals surface area contributed by atoms with Crippen LogP contribution in [-0.4, -0.2) is 17.9 Å². The van der Waals surface area contributed by atoms with Gasteiger partial charge in [0.25, 0.3) is 5.91 Å². The molecule has 3 rings (SSSR count). The molecule has 2 aromatic carbocycles. The molecule has 1 heterocycles. The molecular weight excluding hydrogens is 322 g/mol. The SMILES string of the molecule is CC(C)N=C1N/C(=C\c2ccccc2)C(=O)N1c1cccc(Cl)c1. The number of hydrogen-bond donors (Lipinski definition) is 1. The van der Waals surface area contributed by atoms with Crippen molar-refractivity contribution in [2.45, 2.75) is 19.9 Å². The van der Waals surface area contributed by atoms with Gasteiger partial charge < -0.3 is 5.32 Å². The fourth-order valence-corrected chi connectivity index (χ4v) is 2.63. The van der Waals surface area contributed by atoms with Crippen molar-refractivity contribution in [1.82, 2.24) is 5.32 Å². The number of aliphatic imine (C=N–C) groups is 1. The van der Waals surface area contributed by atoms with E-state index in [0.717, 1.165) is 5.56 Å². The Hall–Kier alpha value is -2.59. The molecule has 4 nitrogen and oxygen atoms in total. The minimum atomic E-state index is -0.152. The third-order valence-corrected chi connectivity index (χ3v) is 3.68. The third-order valence-electron chi connectivity index (χ3n) is 3.45. The molecule has 24 heavy (non-hydrogen) atoms. The summed E-state index contributed by atoms with van der Waals surface area (Å²) in [5.74, 6) is 0.361. The van der Waals surface area contributed by atoms with Crippen LogP contribution in [0.1, 0.15) is 19.4 Å². The van der Waals surface area contributed by atoms with Crippen LogP contribution in [-0.2, 0) is 4.79 Å². The van der Waals surface area contributed by atoms with E-state index in [0.29, 0.717) is 22.4 Å². The van der Waals surface area contributed by atoms with E-state index in [1.807, 2.05) is 62.4 Å². The Morgan fingerprint density at radius 3 is 2.54 bits per heavy atom. The summed E-state index contributed by atoms with van der Waals surface area (Å²) in [4.78, 5) is 19.0. The molecule has 0 saturated carbocycles. The van der Waals surface area contributed by atoms with Crippen LogP contribution in [0.2, 0.25) is 5.02 Å². The second-order valence-corrected chi connectivity index (χ2v) is 6.20. The monoisotopic (exact) mass is 339 g/mol. The number of carbonyl (C=O) groups excluding carboxylic acids is 1. The first-order chi connectivity index (χ1) is 11.5. The summed E-state index contributed by atoms with van der Waals surface area (Å²) < 4.78 is 0. The number of rotatable bonds is 3. The molecule has 1 fully saturated rings. The van der Waals surface area contributed by atoms with E-state index in [1.54, 1.807) is 17.0 Å². The summed E-state index contributed by atoms with van der Waals surface area (Å²) in [6, 6.07) is 16.9. The van der Waals surface area contributed by atoms with Crippen molar-refractivity contribution in [3.63, 3.8) is 0 Å². The third kappa shape index (κ3) is 3.49. The van der Waals surface area contributed by atoms with Crippen molar-refractivity contribution >= 4 is 35.2 Å². The van der Waals surface area contributed by atoms with Gasteiger partial charge in [-0.2, -0.15) is 0 Å². The molecule has 0 aromatic heterocycles. The van der Waals surface area contributed by atoms with Crippen LogP contribution >= 0.6 is 11.6 Å². The zero-order valence-corrected chi connectivity index (χ0v) is 14.3. The number of benzene rings is 2. The van der Waals surface area contributed by atoms with Crippen molar-refractivity contribution < 1.29 is 4.79 Å². The Balaban J connectivity index is 2.03. The molecule has 2 aromatic rings. The lowest BCUT2D eigenvalue weighted by atomic mass is 10.2. The van der Waals surface area contributed by atoms with Crippen LogP contribution in [0.4, 0.5) is 5.69 Å². The second-order valence-electron chi connectivity index (χ2n) is 5.76. The van der Waals surface area contributed by atoms with Gasteiger partial charge in [0.2, 0.25) is 5.96 Å². The Morgan fingerprint density at radius 2 is 1.88 bits per heavy atom. The normalized spacial score (nSPS) is 17.8. The number of halogens is 1. The Kier molecular flexibility index (Phi) is 4.67. The molecule has 1 aliphatic rings. The van der Waals surface area contributed by atoms with Crippen molar-refractivity contribution in [2.24, 2.45) is 4.99 Å². The van der Waals surface area contributed by atoms with E-state index in [9.17, 15) is 4.79 Å². The summed E-state index contributed by atoms with van der Waals surface area (Å²) in [7, 11) is 0. The van der Waals surface area contributed by atoms with Crippen molar-refractivity contribution in [2.75, 3.05) is 4.90 Å². The molecule has 0 spiro atoms. The van der Waals surface area contributed by atoms with E-state index in [-0.39, 0.29) is 11.9 Å². The quantitative estimate of drug-likeness (QED) is 0.856. The highest BCUT2D eigenvalue weighted by atomic mass is 35.5. The maximum absolute atomic E-state index is 12.9. The molecule has 1 amide bonds. The minimum absolute atomic E-state index is 0.0538. The molecule has 0 aliphatic carbocycles. The number of nitrogens with zero attached hydrogens (tertiary/aromatic N) is 2. The number of hydrogen-bond acceptors (Lipinski definition) is 2. The summed E-state index contributed by atoms with van der Waals surface area (Å²) in [6.45, 7) is 3.93. The summed E-state index contributed by atoms with van der Waals surface area (Å²) in [5.41, 5.74) is 2.13. The molecule has 1 N–H and O–H groups in total. The highest BCUT2D eigenvalue weighted by Crippen LogP contribution is 2.25. The maximum Gasteiger partial charge on any atom is 0.281 e. The maximum atomic E-state index is 12.9. The number of anilines is 1. The zero-order chi connectivity index (χ0) is 17.1. The van der Waals surface area contributed by atoms with Gasteiger partial charge in [-0.05, 0) is 43.7 Å². The summed E-state index contributed by atoms with van der Waals surface area (Å²) >= 11 is 6.08. The number of carbonyl (C=O) groups is 1. The number of amides is 1. The Bertz CT molecular complexity index is 812. The van der Waals surface area contributed by atoms with E-state index >= 15 is 0 Å². The molecule has 0 bridgehead atoms. The van der Waals surface area contributed by atoms with Gasteiger partial charge >= 0.3 is 0 Å². The fourth-order valence-electron chi connectivity index (χ4n) is 2.45. The molecular formula is C19H18ClN3O. The average Bonchev–Trinajstić information content (AvgIpc) is 2.83. The van der Waals surface area contributed by atoms with E-state index in [1.165, 1.54) is 0 Å². The highest BCUT2D eigenvalue weighted by molar-refractivity contribution is 6.32. The first-order valence-corrected chi connectivity index (χ1v) is 8.14. The largest absolute Gasteiger partial charge is 0.321 e. The van der Waals surface area contributed by atoms with Gasteiger partial charge in [0.1, 0.15) is 5.70 Å². The van der Waals surface area contributed by atoms with Crippen LogP contribution in [0.3, 0.4) is 0 Å². The predicted molar refractivity (Wildman–Crippen MR) is 99.1 cm³/mol. The fraction of sp³-hybridized carbons (Fsp3) is 0.158. The summed E-state index contributed by atoms with van der Waals surface area (Å²) in [6.07, 6.45) is 1.82. The Labute approximate surface area is 146 Å². The molecule has 0 radical (unpaired) electrons. The molecule has 0 unspecified atom stereocenters. The van der Waals surface area contributed by atoms with Gasteiger partial charge in [-0.1, -0.05) is 48.0 Å². The molecule has 5 heteroatoms. The van der Waals surface area contributed by atoms with Crippen LogP contribution < -0.4 is 10.2 Å². The minimum Gasteiger partial charge on any atom is -0.321 e. The van der Waals surface area contributed by atoms with Gasteiger partial charge in [-0.15, -0.1) is 0 Å². The molecule has 0 atom stereocenters. The summed E-state index contributed by atoms with van der Waals surface area (Å²) in [5, 5.41) is 3.71. The number of nitrogens with one attached hydrogen (secondary N) is 1. The first kappa shape index (κ1) is 16.3. The van der Waals surface area contributed by atoms with Gasteiger partial charge in [0.05, 0.1) is 5.69 Å². The highest BCUT2D eigenvalue weighted by Gasteiger charge is 2.33. The molecule has 1 aliphatic heterocycles. The van der Waals surface area contributed by atoms with Crippen molar-refractivity contribution in [3.8, 4) is 0 Å². The van der Waals surface area contributed by atoms with Gasteiger partial charge in [-0.25, -0.2) is 9.89 Å². The number of guanidine groups is 1. The van der Waals surface area contributed by atoms with Gasteiger partial charge in [-0.3, -0.25) is 4.79 Å². The molecule has 122 valence electrons. The average molecular weight is 340 g/mol. The van der Waals surface area contributed by atoms with Gasteiger partial charge in [0, 0.05) is 11.1 Å². The van der Waals surface area contributed by atoms with E-state index in [2.05, 4.69) is 10.3 Å². The van der Waals surface area contributed by atoms with E-state index in [4.69, 9.17) is 11.6 Å². The van der Waals surface area contributed by atoms with Crippen LogP contribution in [0.5, 0.6) is 0 Å². The van der Waals surface area contributed by atoms with E-state index < -0.39 is 0 Å². The Morgan fingerprint density at radius 1 is 1.12 bits per heavy atom. The smallest absolute Gasteiger partial charge is 0.281 e. The van der Waals surface area contributed by atoms with Gasteiger partial charge in [0.15, 0.2) is 0 Å². The zero-order valence-electron chi connectivity index (χ0n) is 13.5. The lowest BCUT2D eigenvalue weighted by molar-refractivity contribution is -0.113. The first-order valence-electron chi connectivity index (χ1n) is 7.76. The molecule has 1 saturated heterocycles.